The average molecular weight is 282 g/mol. The summed E-state index contributed by atoms with van der Waals surface area (Å²) in [5.74, 6) is 0.803. The molecule has 0 atom stereocenters. The molecule has 0 aliphatic carbocycles. The summed E-state index contributed by atoms with van der Waals surface area (Å²) < 4.78 is 0. The third kappa shape index (κ3) is 4.10. The van der Waals surface area contributed by atoms with Crippen molar-refractivity contribution >= 4 is 16.9 Å². The zero-order chi connectivity index (χ0) is 14.2. The van der Waals surface area contributed by atoms with Gasteiger partial charge in [-0.25, -0.2) is 0 Å². The van der Waals surface area contributed by atoms with E-state index >= 15 is 0 Å². The van der Waals surface area contributed by atoms with Crippen LogP contribution in [0.1, 0.15) is 23.5 Å². The molecule has 0 amide bonds. The van der Waals surface area contributed by atoms with Crippen LogP contribution in [0.15, 0.2) is 73.3 Å². The molecule has 2 aromatic carbocycles. The van der Waals surface area contributed by atoms with Crippen LogP contribution in [0.25, 0.3) is 0 Å². The lowest BCUT2D eigenvalue weighted by Gasteiger charge is -2.17. The van der Waals surface area contributed by atoms with E-state index in [2.05, 4.69) is 30.8 Å². The number of carbonyl (C=O) groups is 1. The first-order valence-electron chi connectivity index (χ1n) is 6.67. The summed E-state index contributed by atoms with van der Waals surface area (Å²) in [6, 6.07) is 20.4. The average Bonchev–Trinajstić information content (AvgIpc) is 2.52. The molecule has 102 valence electrons. The molecule has 0 unspecified atom stereocenters. The molecule has 0 saturated heterocycles. The van der Waals surface area contributed by atoms with Crippen molar-refractivity contribution in [3.8, 4) is 0 Å². The van der Waals surface area contributed by atoms with Crippen LogP contribution in [0.2, 0.25) is 0 Å². The second-order valence-corrected chi connectivity index (χ2v) is 5.63. The fourth-order valence-electron chi connectivity index (χ4n) is 2.18. The highest BCUT2D eigenvalue weighted by molar-refractivity contribution is 8.13. The van der Waals surface area contributed by atoms with E-state index in [-0.39, 0.29) is 11.0 Å². The monoisotopic (exact) mass is 282 g/mol. The minimum absolute atomic E-state index is 0.127. The van der Waals surface area contributed by atoms with Crippen LogP contribution < -0.4 is 0 Å². The molecular weight excluding hydrogens is 264 g/mol. The fraction of sp³-hybridized carbons (Fsp3) is 0.167. The van der Waals surface area contributed by atoms with E-state index in [1.54, 1.807) is 6.08 Å². The predicted octanol–water partition coefficient (Wildman–Crippen LogP) is 4.65. The van der Waals surface area contributed by atoms with Crippen molar-refractivity contribution < 1.29 is 4.79 Å². The number of hydrogen-bond donors (Lipinski definition) is 0. The zero-order valence-electron chi connectivity index (χ0n) is 11.4. The molecule has 0 saturated carbocycles. The number of carbonyl (C=O) groups excluding carboxylic acids is 1. The molecule has 0 heterocycles. The lowest BCUT2D eigenvalue weighted by Crippen LogP contribution is -2.06. The topological polar surface area (TPSA) is 17.1 Å². The summed E-state index contributed by atoms with van der Waals surface area (Å²) >= 11 is 1.34. The highest BCUT2D eigenvalue weighted by Gasteiger charge is 2.17. The maximum Gasteiger partial charge on any atom is 0.190 e. The molecule has 0 aliphatic rings. The minimum Gasteiger partial charge on any atom is -0.287 e. The van der Waals surface area contributed by atoms with Crippen LogP contribution >= 0.6 is 11.8 Å². The van der Waals surface area contributed by atoms with Gasteiger partial charge in [-0.1, -0.05) is 78.5 Å². The largest absolute Gasteiger partial charge is 0.287 e. The van der Waals surface area contributed by atoms with Crippen LogP contribution in [0.3, 0.4) is 0 Å². The fourth-order valence-corrected chi connectivity index (χ4v) is 2.76. The van der Waals surface area contributed by atoms with Gasteiger partial charge in [0.2, 0.25) is 0 Å². The minimum atomic E-state index is 0.127. The smallest absolute Gasteiger partial charge is 0.190 e. The van der Waals surface area contributed by atoms with Crippen molar-refractivity contribution in [2.75, 3.05) is 5.75 Å². The first kappa shape index (κ1) is 14.6. The Kier molecular flexibility index (Phi) is 5.63. The third-order valence-electron chi connectivity index (χ3n) is 3.14. The molecule has 0 spiro atoms. The first-order valence-corrected chi connectivity index (χ1v) is 7.66. The Bertz CT molecular complexity index is 509. The van der Waals surface area contributed by atoms with E-state index in [1.807, 2.05) is 36.4 Å². The van der Waals surface area contributed by atoms with Crippen molar-refractivity contribution in [2.45, 2.75) is 12.3 Å². The van der Waals surface area contributed by atoms with E-state index in [0.717, 1.165) is 0 Å². The lowest BCUT2D eigenvalue weighted by molar-refractivity contribution is -0.111. The van der Waals surface area contributed by atoms with E-state index in [1.165, 1.54) is 22.9 Å². The van der Waals surface area contributed by atoms with Crippen molar-refractivity contribution in [2.24, 2.45) is 0 Å². The molecule has 2 aromatic rings. The van der Waals surface area contributed by atoms with E-state index in [4.69, 9.17) is 0 Å². The van der Waals surface area contributed by atoms with Gasteiger partial charge in [0.15, 0.2) is 5.12 Å². The van der Waals surface area contributed by atoms with Gasteiger partial charge >= 0.3 is 0 Å². The zero-order valence-corrected chi connectivity index (χ0v) is 12.2. The second-order valence-electron chi connectivity index (χ2n) is 4.55. The van der Waals surface area contributed by atoms with Gasteiger partial charge in [0.05, 0.1) is 0 Å². The van der Waals surface area contributed by atoms with Gasteiger partial charge < -0.3 is 0 Å². The van der Waals surface area contributed by atoms with Crippen LogP contribution in [0.4, 0.5) is 0 Å². The van der Waals surface area contributed by atoms with Crippen molar-refractivity contribution in [3.63, 3.8) is 0 Å². The van der Waals surface area contributed by atoms with Crippen LogP contribution in [-0.2, 0) is 4.79 Å². The van der Waals surface area contributed by atoms with Gasteiger partial charge in [-0.05, 0) is 11.1 Å². The molecule has 0 fully saturated rings. The van der Waals surface area contributed by atoms with Crippen molar-refractivity contribution in [3.05, 3.63) is 84.4 Å². The van der Waals surface area contributed by atoms with Crippen LogP contribution in [0.5, 0.6) is 0 Å². The standard InChI is InChI=1S/C18H18OS/c1-2-13-20-18(19)14-17(15-9-5-3-6-10-15)16-11-7-4-8-12-16/h2-12,17H,1,13-14H2. The Morgan fingerprint density at radius 3 is 1.95 bits per heavy atom. The Labute approximate surface area is 124 Å². The molecule has 0 radical (unpaired) electrons. The van der Waals surface area contributed by atoms with E-state index < -0.39 is 0 Å². The van der Waals surface area contributed by atoms with Crippen LogP contribution in [0, 0.1) is 0 Å². The summed E-state index contributed by atoms with van der Waals surface area (Å²) in [4.78, 5) is 12.1. The summed E-state index contributed by atoms with van der Waals surface area (Å²) in [7, 11) is 0. The number of rotatable bonds is 6. The molecule has 0 N–H and O–H groups in total. The molecule has 0 aliphatic heterocycles. The SMILES string of the molecule is C=CCSC(=O)CC(c1ccccc1)c1ccccc1. The lowest BCUT2D eigenvalue weighted by atomic mass is 9.89. The molecule has 0 aromatic heterocycles. The third-order valence-corrected chi connectivity index (χ3v) is 4.03. The Morgan fingerprint density at radius 1 is 1.00 bits per heavy atom. The molecule has 1 nitrogen and oxygen atoms in total. The normalized spacial score (nSPS) is 10.4. The molecule has 0 bridgehead atoms. The summed E-state index contributed by atoms with van der Waals surface area (Å²) in [5.41, 5.74) is 2.37. The quantitative estimate of drug-likeness (QED) is 0.717. The number of benzene rings is 2. The van der Waals surface area contributed by atoms with Gasteiger partial charge in [0.25, 0.3) is 0 Å². The van der Waals surface area contributed by atoms with Crippen molar-refractivity contribution in [1.29, 1.82) is 0 Å². The Balaban J connectivity index is 2.21. The number of thioether (sulfide) groups is 1. The maximum atomic E-state index is 12.1. The summed E-state index contributed by atoms with van der Waals surface area (Å²) in [6.45, 7) is 3.66. The van der Waals surface area contributed by atoms with Gasteiger partial charge in [-0.15, -0.1) is 6.58 Å². The predicted molar refractivity (Wildman–Crippen MR) is 87.0 cm³/mol. The molecular formula is C18H18OS. The summed E-state index contributed by atoms with van der Waals surface area (Å²) in [6.07, 6.45) is 2.29. The molecule has 2 rings (SSSR count). The Morgan fingerprint density at radius 2 is 1.50 bits per heavy atom. The van der Waals surface area contributed by atoms with Gasteiger partial charge in [0.1, 0.15) is 0 Å². The Hall–Kier alpha value is -1.80. The second kappa shape index (κ2) is 7.71. The summed E-state index contributed by atoms with van der Waals surface area (Å²) in [5, 5.41) is 0.211. The van der Waals surface area contributed by atoms with E-state index in [9.17, 15) is 4.79 Å². The van der Waals surface area contributed by atoms with Crippen molar-refractivity contribution in [1.82, 2.24) is 0 Å². The highest BCUT2D eigenvalue weighted by Crippen LogP contribution is 2.29. The van der Waals surface area contributed by atoms with Gasteiger partial charge in [-0.3, -0.25) is 4.79 Å². The maximum absolute atomic E-state index is 12.1. The highest BCUT2D eigenvalue weighted by atomic mass is 32.2. The molecule has 20 heavy (non-hydrogen) atoms. The number of hydrogen-bond acceptors (Lipinski definition) is 2. The first-order chi connectivity index (χ1) is 9.81. The van der Waals surface area contributed by atoms with E-state index in [0.29, 0.717) is 12.2 Å². The molecule has 2 heteroatoms. The van der Waals surface area contributed by atoms with Gasteiger partial charge in [-0.2, -0.15) is 0 Å². The van der Waals surface area contributed by atoms with Crippen LogP contribution in [-0.4, -0.2) is 10.9 Å². The van der Waals surface area contributed by atoms with Gasteiger partial charge in [0, 0.05) is 18.1 Å².